The lowest BCUT2D eigenvalue weighted by Gasteiger charge is -2.10. The second-order valence-electron chi connectivity index (χ2n) is 4.82. The average molecular weight is 252 g/mol. The van der Waals surface area contributed by atoms with Gasteiger partial charge in [-0.3, -0.25) is 0 Å². The maximum Gasteiger partial charge on any atom is 0.0859 e. The molecule has 98 valence electrons. The predicted octanol–water partition coefficient (Wildman–Crippen LogP) is 6.01. The third kappa shape index (κ3) is 4.02. The highest BCUT2D eigenvalue weighted by atomic mass is 15.1. The second-order valence-corrected chi connectivity index (χ2v) is 4.82. The molecule has 1 unspecified atom stereocenters. The molecule has 0 aliphatic rings. The van der Waals surface area contributed by atoms with Crippen LogP contribution < -0.4 is 0 Å². The van der Waals surface area contributed by atoms with Crippen LogP contribution in [0.25, 0.3) is 0 Å². The Bertz CT molecular complexity index is 532. The predicted molar refractivity (Wildman–Crippen MR) is 80.4 cm³/mol. The quantitative estimate of drug-likeness (QED) is 0.582. The smallest absolute Gasteiger partial charge is 0.0859 e. The number of nitrogens with zero attached hydrogens (tertiary/aromatic N) is 2. The molecule has 0 heterocycles. The van der Waals surface area contributed by atoms with Crippen LogP contribution in [-0.2, 0) is 0 Å². The largest absolute Gasteiger partial charge is 0.151 e. The molecular weight excluding hydrogens is 232 g/mol. The van der Waals surface area contributed by atoms with Gasteiger partial charge in [0, 0.05) is 0 Å². The summed E-state index contributed by atoms with van der Waals surface area (Å²) < 4.78 is 0. The summed E-state index contributed by atoms with van der Waals surface area (Å²) in [6.45, 7) is 4.48. The fourth-order valence-electron chi connectivity index (χ4n) is 2.10. The molecule has 0 fully saturated rings. The van der Waals surface area contributed by atoms with Crippen molar-refractivity contribution in [3.05, 3.63) is 60.2 Å². The first kappa shape index (κ1) is 13.5. The molecule has 0 aliphatic heterocycles. The summed E-state index contributed by atoms with van der Waals surface area (Å²) in [5.74, 6) is 0.580. The number of rotatable bonds is 5. The molecule has 0 N–H and O–H groups in total. The third-order valence-corrected chi connectivity index (χ3v) is 3.20. The molecule has 1 atom stereocenters. The van der Waals surface area contributed by atoms with E-state index in [1.165, 1.54) is 18.4 Å². The molecule has 2 heteroatoms. The van der Waals surface area contributed by atoms with Crippen LogP contribution in [0.15, 0.2) is 64.8 Å². The summed E-state index contributed by atoms with van der Waals surface area (Å²) in [4.78, 5) is 0. The lowest BCUT2D eigenvalue weighted by molar-refractivity contribution is 0.665. The van der Waals surface area contributed by atoms with E-state index in [2.05, 4.69) is 42.3 Å². The minimum Gasteiger partial charge on any atom is -0.151 e. The van der Waals surface area contributed by atoms with Crippen LogP contribution in [0.3, 0.4) is 0 Å². The van der Waals surface area contributed by atoms with E-state index in [4.69, 9.17) is 0 Å². The standard InChI is InChI=1S/C17H20N2/c1-3-8-14(2)15-9-7-12-17(13-15)19-18-16-10-5-4-6-11-16/h4-7,9-14H,3,8H2,1-2H3. The molecule has 0 aromatic heterocycles. The van der Waals surface area contributed by atoms with Gasteiger partial charge in [-0.25, -0.2) is 0 Å². The van der Waals surface area contributed by atoms with Gasteiger partial charge in [0.15, 0.2) is 0 Å². The van der Waals surface area contributed by atoms with E-state index in [9.17, 15) is 0 Å². The van der Waals surface area contributed by atoms with Gasteiger partial charge in [-0.05, 0) is 42.2 Å². The van der Waals surface area contributed by atoms with Gasteiger partial charge in [0.25, 0.3) is 0 Å². The highest BCUT2D eigenvalue weighted by Crippen LogP contribution is 2.25. The van der Waals surface area contributed by atoms with Gasteiger partial charge in [0.1, 0.15) is 0 Å². The van der Waals surface area contributed by atoms with E-state index < -0.39 is 0 Å². The minimum absolute atomic E-state index is 0.580. The second kappa shape index (κ2) is 6.83. The fraction of sp³-hybridized carbons (Fsp3) is 0.294. The van der Waals surface area contributed by atoms with Crippen molar-refractivity contribution in [1.82, 2.24) is 0 Å². The first-order chi connectivity index (χ1) is 9.29. The van der Waals surface area contributed by atoms with Crippen LogP contribution in [-0.4, -0.2) is 0 Å². The van der Waals surface area contributed by atoms with Crippen molar-refractivity contribution in [2.24, 2.45) is 10.2 Å². The molecule has 0 radical (unpaired) electrons. The lowest BCUT2D eigenvalue weighted by atomic mass is 9.96. The topological polar surface area (TPSA) is 24.7 Å². The van der Waals surface area contributed by atoms with Gasteiger partial charge >= 0.3 is 0 Å². The minimum atomic E-state index is 0.580. The van der Waals surface area contributed by atoms with Crippen molar-refractivity contribution in [2.75, 3.05) is 0 Å². The maximum absolute atomic E-state index is 4.30. The SMILES string of the molecule is CCCC(C)c1cccc(N=Nc2ccccc2)c1. The third-order valence-electron chi connectivity index (χ3n) is 3.20. The van der Waals surface area contributed by atoms with E-state index in [1.807, 2.05) is 36.4 Å². The molecule has 19 heavy (non-hydrogen) atoms. The fourth-order valence-corrected chi connectivity index (χ4v) is 2.10. The molecule has 2 nitrogen and oxygen atoms in total. The van der Waals surface area contributed by atoms with Gasteiger partial charge in [0.05, 0.1) is 11.4 Å². The average Bonchev–Trinajstić information content (AvgIpc) is 2.47. The molecular formula is C17H20N2. The number of hydrogen-bond acceptors (Lipinski definition) is 2. The normalized spacial score (nSPS) is 12.7. The van der Waals surface area contributed by atoms with Gasteiger partial charge in [-0.1, -0.05) is 50.6 Å². The Hall–Kier alpha value is -1.96. The molecule has 0 amide bonds. The summed E-state index contributed by atoms with van der Waals surface area (Å²) in [6.07, 6.45) is 2.41. The Kier molecular flexibility index (Phi) is 4.85. The van der Waals surface area contributed by atoms with Crippen LogP contribution in [0.4, 0.5) is 11.4 Å². The van der Waals surface area contributed by atoms with Gasteiger partial charge in [-0.15, -0.1) is 0 Å². The van der Waals surface area contributed by atoms with Crippen molar-refractivity contribution < 1.29 is 0 Å². The molecule has 0 saturated carbocycles. The van der Waals surface area contributed by atoms with Gasteiger partial charge < -0.3 is 0 Å². The van der Waals surface area contributed by atoms with E-state index in [0.717, 1.165) is 11.4 Å². The Balaban J connectivity index is 2.13. The molecule has 2 rings (SSSR count). The zero-order valence-electron chi connectivity index (χ0n) is 11.6. The highest BCUT2D eigenvalue weighted by molar-refractivity contribution is 5.42. The molecule has 2 aromatic carbocycles. The molecule has 0 spiro atoms. The van der Waals surface area contributed by atoms with Crippen LogP contribution in [0.5, 0.6) is 0 Å². The lowest BCUT2D eigenvalue weighted by Crippen LogP contribution is -1.91. The van der Waals surface area contributed by atoms with Crippen LogP contribution >= 0.6 is 0 Å². The monoisotopic (exact) mass is 252 g/mol. The maximum atomic E-state index is 4.30. The first-order valence-corrected chi connectivity index (χ1v) is 6.86. The summed E-state index contributed by atoms with van der Waals surface area (Å²) >= 11 is 0. The molecule has 0 bridgehead atoms. The summed E-state index contributed by atoms with van der Waals surface area (Å²) in [6, 6.07) is 18.2. The van der Waals surface area contributed by atoms with E-state index in [0.29, 0.717) is 5.92 Å². The Labute approximate surface area is 115 Å². The summed E-state index contributed by atoms with van der Waals surface area (Å²) in [7, 11) is 0. The van der Waals surface area contributed by atoms with Crippen molar-refractivity contribution in [3.8, 4) is 0 Å². The zero-order chi connectivity index (χ0) is 13.5. The highest BCUT2D eigenvalue weighted by Gasteiger charge is 2.04. The van der Waals surface area contributed by atoms with Crippen LogP contribution in [0, 0.1) is 0 Å². The number of hydrogen-bond donors (Lipinski definition) is 0. The molecule has 2 aromatic rings. The Morgan fingerprint density at radius 2 is 1.58 bits per heavy atom. The summed E-state index contributed by atoms with van der Waals surface area (Å²) in [5.41, 5.74) is 3.14. The van der Waals surface area contributed by atoms with E-state index in [1.54, 1.807) is 0 Å². The molecule has 0 saturated heterocycles. The first-order valence-electron chi connectivity index (χ1n) is 6.86. The van der Waals surface area contributed by atoms with Crippen molar-refractivity contribution >= 4 is 11.4 Å². The van der Waals surface area contributed by atoms with Gasteiger partial charge in [0.2, 0.25) is 0 Å². The molecule has 0 aliphatic carbocycles. The Morgan fingerprint density at radius 1 is 0.895 bits per heavy atom. The Morgan fingerprint density at radius 3 is 2.32 bits per heavy atom. The van der Waals surface area contributed by atoms with Gasteiger partial charge in [-0.2, -0.15) is 10.2 Å². The van der Waals surface area contributed by atoms with E-state index >= 15 is 0 Å². The summed E-state index contributed by atoms with van der Waals surface area (Å²) in [5, 5.41) is 8.55. The van der Waals surface area contributed by atoms with E-state index in [-0.39, 0.29) is 0 Å². The van der Waals surface area contributed by atoms with Crippen LogP contribution in [0.2, 0.25) is 0 Å². The zero-order valence-corrected chi connectivity index (χ0v) is 11.6. The number of azo groups is 1. The van der Waals surface area contributed by atoms with Crippen molar-refractivity contribution in [2.45, 2.75) is 32.6 Å². The van der Waals surface area contributed by atoms with Crippen LogP contribution in [0.1, 0.15) is 38.2 Å². The van der Waals surface area contributed by atoms with Crippen molar-refractivity contribution in [1.29, 1.82) is 0 Å². The van der Waals surface area contributed by atoms with Crippen molar-refractivity contribution in [3.63, 3.8) is 0 Å². The number of benzene rings is 2.